The van der Waals surface area contributed by atoms with Gasteiger partial charge < -0.3 is 15.1 Å². The number of anilines is 2. The van der Waals surface area contributed by atoms with Crippen LogP contribution in [0.2, 0.25) is 0 Å². The van der Waals surface area contributed by atoms with E-state index in [1.165, 1.54) is 0 Å². The molecule has 0 saturated carbocycles. The number of benzene rings is 2. The smallest absolute Gasteiger partial charge is 0.321 e. The Hall–Kier alpha value is -3.94. The summed E-state index contributed by atoms with van der Waals surface area (Å²) in [6.07, 6.45) is 6.83. The fourth-order valence-corrected chi connectivity index (χ4v) is 3.65. The lowest BCUT2D eigenvalue weighted by molar-refractivity contribution is 0.208. The van der Waals surface area contributed by atoms with Gasteiger partial charge in [-0.15, -0.1) is 0 Å². The Bertz CT molecular complexity index is 1170. The normalized spacial score (nSPS) is 14.1. The van der Waals surface area contributed by atoms with Crippen LogP contribution < -0.4 is 10.2 Å². The fourth-order valence-electron chi connectivity index (χ4n) is 3.65. The van der Waals surface area contributed by atoms with Gasteiger partial charge in [0, 0.05) is 50.3 Å². The molecule has 1 N–H and O–H groups in total. The van der Waals surface area contributed by atoms with Crippen molar-refractivity contribution < 1.29 is 4.79 Å². The number of aromatic nitrogens is 4. The van der Waals surface area contributed by atoms with Gasteiger partial charge in [0.1, 0.15) is 24.3 Å². The molecule has 0 unspecified atom stereocenters. The molecule has 8 heteroatoms. The first-order valence-electron chi connectivity index (χ1n) is 9.86. The Labute approximate surface area is 173 Å². The van der Waals surface area contributed by atoms with Crippen LogP contribution in [0.4, 0.5) is 16.3 Å². The molecule has 4 aromatic rings. The predicted molar refractivity (Wildman–Crippen MR) is 116 cm³/mol. The summed E-state index contributed by atoms with van der Waals surface area (Å²) >= 11 is 0. The molecule has 1 aliphatic heterocycles. The summed E-state index contributed by atoms with van der Waals surface area (Å²) in [5.41, 5.74) is 0.807. The number of hydrogen-bond acceptors (Lipinski definition) is 5. The standard InChI is InChI=1S/C22H21N7O/c30-22(26-19-6-5-17-3-1-2-4-18(17)13-19)28-11-9-27(10-12-28)20-14-21(25-15-24-20)29-8-7-23-16-29/h1-8,13-16H,9-12H2,(H,26,30). The first-order chi connectivity index (χ1) is 14.8. The van der Waals surface area contributed by atoms with Crippen molar-refractivity contribution in [1.82, 2.24) is 24.4 Å². The minimum absolute atomic E-state index is 0.0771. The van der Waals surface area contributed by atoms with Gasteiger partial charge in [-0.3, -0.25) is 4.57 Å². The van der Waals surface area contributed by atoms with E-state index in [1.807, 2.05) is 58.1 Å². The van der Waals surface area contributed by atoms with E-state index in [1.54, 1.807) is 18.9 Å². The zero-order valence-electron chi connectivity index (χ0n) is 16.3. The molecule has 1 aliphatic rings. The number of rotatable bonds is 3. The van der Waals surface area contributed by atoms with Gasteiger partial charge in [-0.1, -0.05) is 30.3 Å². The van der Waals surface area contributed by atoms with Gasteiger partial charge in [0.2, 0.25) is 0 Å². The second-order valence-corrected chi connectivity index (χ2v) is 7.17. The maximum absolute atomic E-state index is 12.7. The van der Waals surface area contributed by atoms with Crippen LogP contribution in [-0.2, 0) is 0 Å². The van der Waals surface area contributed by atoms with Gasteiger partial charge >= 0.3 is 6.03 Å². The first-order valence-corrected chi connectivity index (χ1v) is 9.86. The molecule has 0 atom stereocenters. The number of hydrogen-bond donors (Lipinski definition) is 1. The van der Waals surface area contributed by atoms with E-state index in [0.29, 0.717) is 26.2 Å². The molecule has 2 aromatic heterocycles. The van der Waals surface area contributed by atoms with Crippen molar-refractivity contribution in [3.05, 3.63) is 73.6 Å². The number of urea groups is 1. The van der Waals surface area contributed by atoms with E-state index in [0.717, 1.165) is 28.1 Å². The molecule has 0 bridgehead atoms. The molecular formula is C22H21N7O. The molecule has 2 aromatic carbocycles. The minimum atomic E-state index is -0.0771. The van der Waals surface area contributed by atoms with Crippen molar-refractivity contribution >= 4 is 28.3 Å². The summed E-state index contributed by atoms with van der Waals surface area (Å²) < 4.78 is 1.85. The van der Waals surface area contributed by atoms with Gasteiger partial charge in [0.25, 0.3) is 0 Å². The highest BCUT2D eigenvalue weighted by Crippen LogP contribution is 2.20. The molecular weight excluding hydrogens is 378 g/mol. The second-order valence-electron chi connectivity index (χ2n) is 7.17. The molecule has 5 rings (SSSR count). The van der Waals surface area contributed by atoms with Crippen molar-refractivity contribution in [1.29, 1.82) is 0 Å². The van der Waals surface area contributed by atoms with Gasteiger partial charge in [-0.25, -0.2) is 19.7 Å². The van der Waals surface area contributed by atoms with E-state index < -0.39 is 0 Å². The summed E-state index contributed by atoms with van der Waals surface area (Å²) in [7, 11) is 0. The van der Waals surface area contributed by atoms with Crippen LogP contribution in [0.1, 0.15) is 0 Å². The zero-order chi connectivity index (χ0) is 20.3. The van der Waals surface area contributed by atoms with Crippen molar-refractivity contribution in [3.63, 3.8) is 0 Å². The van der Waals surface area contributed by atoms with Crippen LogP contribution in [0.25, 0.3) is 16.6 Å². The van der Waals surface area contributed by atoms with Gasteiger partial charge in [0.05, 0.1) is 0 Å². The number of nitrogens with one attached hydrogen (secondary N) is 1. The Balaban J connectivity index is 1.22. The number of amides is 2. The molecule has 3 heterocycles. The van der Waals surface area contributed by atoms with Crippen molar-refractivity contribution in [2.75, 3.05) is 36.4 Å². The van der Waals surface area contributed by atoms with E-state index in [4.69, 9.17) is 0 Å². The average molecular weight is 399 g/mol. The highest BCUT2D eigenvalue weighted by Gasteiger charge is 2.22. The largest absolute Gasteiger partial charge is 0.353 e. The van der Waals surface area contributed by atoms with E-state index in [9.17, 15) is 4.79 Å². The average Bonchev–Trinajstić information content (AvgIpc) is 3.34. The van der Waals surface area contributed by atoms with Crippen LogP contribution in [0, 0.1) is 0 Å². The van der Waals surface area contributed by atoms with Crippen molar-refractivity contribution in [2.24, 2.45) is 0 Å². The third-order valence-electron chi connectivity index (χ3n) is 5.30. The maximum Gasteiger partial charge on any atom is 0.321 e. The SMILES string of the molecule is O=C(Nc1ccc2ccccc2c1)N1CCN(c2cc(-n3ccnc3)ncn2)CC1. The second kappa shape index (κ2) is 7.82. The number of carbonyl (C=O) groups excluding carboxylic acids is 1. The predicted octanol–water partition coefficient (Wildman–Crippen LogP) is 3.17. The fraction of sp³-hybridized carbons (Fsp3) is 0.182. The Morgan fingerprint density at radius 1 is 0.900 bits per heavy atom. The lowest BCUT2D eigenvalue weighted by Crippen LogP contribution is -2.50. The molecule has 1 saturated heterocycles. The lowest BCUT2D eigenvalue weighted by Gasteiger charge is -2.35. The van der Waals surface area contributed by atoms with Crippen LogP contribution >= 0.6 is 0 Å². The molecule has 8 nitrogen and oxygen atoms in total. The zero-order valence-corrected chi connectivity index (χ0v) is 16.3. The Morgan fingerprint density at radius 2 is 1.70 bits per heavy atom. The molecule has 0 spiro atoms. The monoisotopic (exact) mass is 399 g/mol. The summed E-state index contributed by atoms with van der Waals surface area (Å²) in [5, 5.41) is 5.28. The lowest BCUT2D eigenvalue weighted by atomic mass is 10.1. The molecule has 2 amide bonds. The Kier molecular flexibility index (Phi) is 4.72. The topological polar surface area (TPSA) is 79.2 Å². The van der Waals surface area contributed by atoms with E-state index >= 15 is 0 Å². The van der Waals surface area contributed by atoms with E-state index in [2.05, 4.69) is 31.2 Å². The van der Waals surface area contributed by atoms with Gasteiger partial charge in [-0.05, 0) is 22.9 Å². The number of imidazole rings is 1. The van der Waals surface area contributed by atoms with E-state index in [-0.39, 0.29) is 6.03 Å². The van der Waals surface area contributed by atoms with Crippen LogP contribution in [0.3, 0.4) is 0 Å². The molecule has 30 heavy (non-hydrogen) atoms. The quantitative estimate of drug-likeness (QED) is 0.572. The number of nitrogens with zero attached hydrogens (tertiary/aromatic N) is 6. The molecule has 0 aliphatic carbocycles. The van der Waals surface area contributed by atoms with Crippen LogP contribution in [0.5, 0.6) is 0 Å². The number of piperazine rings is 1. The Morgan fingerprint density at radius 3 is 2.50 bits per heavy atom. The van der Waals surface area contributed by atoms with Crippen LogP contribution in [-0.4, -0.2) is 56.6 Å². The number of fused-ring (bicyclic) bond motifs is 1. The molecule has 150 valence electrons. The third kappa shape index (κ3) is 3.67. The maximum atomic E-state index is 12.7. The van der Waals surface area contributed by atoms with Gasteiger partial charge in [0.15, 0.2) is 0 Å². The summed E-state index contributed by atoms with van der Waals surface area (Å²) in [5.74, 6) is 1.62. The first kappa shape index (κ1) is 18.1. The summed E-state index contributed by atoms with van der Waals surface area (Å²) in [6.45, 7) is 2.69. The highest BCUT2D eigenvalue weighted by molar-refractivity contribution is 5.93. The van der Waals surface area contributed by atoms with Crippen LogP contribution in [0.15, 0.2) is 73.6 Å². The van der Waals surface area contributed by atoms with Crippen molar-refractivity contribution in [3.8, 4) is 5.82 Å². The van der Waals surface area contributed by atoms with Gasteiger partial charge in [-0.2, -0.15) is 0 Å². The summed E-state index contributed by atoms with van der Waals surface area (Å²) in [4.78, 5) is 29.5. The van der Waals surface area contributed by atoms with Crippen molar-refractivity contribution in [2.45, 2.75) is 0 Å². The number of carbonyl (C=O) groups is 1. The molecule has 0 radical (unpaired) electrons. The minimum Gasteiger partial charge on any atom is -0.353 e. The summed E-state index contributed by atoms with van der Waals surface area (Å²) in [6, 6.07) is 15.9. The highest BCUT2D eigenvalue weighted by atomic mass is 16.2. The third-order valence-corrected chi connectivity index (χ3v) is 5.30. The molecule has 1 fully saturated rings.